The maximum Gasteiger partial charge on any atom is 0.331 e. The van der Waals surface area contributed by atoms with Crippen molar-refractivity contribution in [1.29, 1.82) is 0 Å². The highest BCUT2D eigenvalue weighted by Gasteiger charge is 1.99. The SMILES string of the molecule is [CH2]C(=CC(=O)OCC)c1ccccc1. The van der Waals surface area contributed by atoms with E-state index in [1.54, 1.807) is 6.92 Å². The van der Waals surface area contributed by atoms with Gasteiger partial charge in [0.15, 0.2) is 0 Å². The molecule has 0 spiro atoms. The molecule has 0 saturated heterocycles. The molecule has 14 heavy (non-hydrogen) atoms. The van der Waals surface area contributed by atoms with Gasteiger partial charge >= 0.3 is 5.97 Å². The lowest BCUT2D eigenvalue weighted by Gasteiger charge is -2.00. The van der Waals surface area contributed by atoms with E-state index in [1.807, 2.05) is 30.3 Å². The summed E-state index contributed by atoms with van der Waals surface area (Å²) >= 11 is 0. The minimum Gasteiger partial charge on any atom is -0.463 e. The van der Waals surface area contributed by atoms with E-state index in [9.17, 15) is 4.79 Å². The highest BCUT2D eigenvalue weighted by atomic mass is 16.5. The normalized spacial score (nSPS) is 11.1. The largest absolute Gasteiger partial charge is 0.463 e. The first-order valence-corrected chi connectivity index (χ1v) is 4.50. The minimum absolute atomic E-state index is 0.346. The lowest BCUT2D eigenvalue weighted by Crippen LogP contribution is -2.00. The Balaban J connectivity index is 2.75. The van der Waals surface area contributed by atoms with E-state index in [0.29, 0.717) is 12.2 Å². The van der Waals surface area contributed by atoms with Gasteiger partial charge in [-0.3, -0.25) is 0 Å². The molecule has 2 heteroatoms. The molecule has 0 N–H and O–H groups in total. The lowest BCUT2D eigenvalue weighted by atomic mass is 10.1. The fraction of sp³-hybridized carbons (Fsp3) is 0.167. The van der Waals surface area contributed by atoms with Crippen molar-refractivity contribution >= 4 is 11.5 Å². The van der Waals surface area contributed by atoms with Gasteiger partial charge in [0.1, 0.15) is 0 Å². The average molecular weight is 189 g/mol. The molecular weight excluding hydrogens is 176 g/mol. The van der Waals surface area contributed by atoms with Gasteiger partial charge in [-0.2, -0.15) is 0 Å². The third kappa shape index (κ3) is 3.05. The number of rotatable bonds is 3. The van der Waals surface area contributed by atoms with Gasteiger partial charge in [0, 0.05) is 6.08 Å². The van der Waals surface area contributed by atoms with Crippen molar-refractivity contribution in [1.82, 2.24) is 0 Å². The molecule has 2 nitrogen and oxygen atoms in total. The Bertz CT molecular complexity index is 325. The van der Waals surface area contributed by atoms with Crippen molar-refractivity contribution in [2.75, 3.05) is 6.61 Å². The Labute approximate surface area is 84.2 Å². The standard InChI is InChI=1S/C12H13O2/c1-3-14-12(13)9-10(2)11-7-5-4-6-8-11/h4-9H,2-3H2,1H3. The molecule has 0 bridgehead atoms. The summed E-state index contributed by atoms with van der Waals surface area (Å²) in [7, 11) is 0. The zero-order valence-corrected chi connectivity index (χ0v) is 8.19. The number of carbonyl (C=O) groups is 1. The second-order valence-corrected chi connectivity index (χ2v) is 2.79. The van der Waals surface area contributed by atoms with Crippen LogP contribution in [0.4, 0.5) is 0 Å². The molecule has 0 aliphatic heterocycles. The number of allylic oxidation sites excluding steroid dienone is 1. The van der Waals surface area contributed by atoms with Gasteiger partial charge in [0.25, 0.3) is 0 Å². The van der Waals surface area contributed by atoms with E-state index in [0.717, 1.165) is 5.56 Å². The van der Waals surface area contributed by atoms with Crippen LogP contribution in [0.5, 0.6) is 0 Å². The van der Waals surface area contributed by atoms with E-state index < -0.39 is 0 Å². The van der Waals surface area contributed by atoms with Gasteiger partial charge in [-0.25, -0.2) is 4.79 Å². The molecule has 1 aromatic carbocycles. The summed E-state index contributed by atoms with van der Waals surface area (Å²) < 4.78 is 4.78. The fourth-order valence-electron chi connectivity index (χ4n) is 1.06. The molecule has 0 aliphatic carbocycles. The molecule has 1 rings (SSSR count). The van der Waals surface area contributed by atoms with Gasteiger partial charge < -0.3 is 4.74 Å². The Morgan fingerprint density at radius 1 is 1.43 bits per heavy atom. The zero-order chi connectivity index (χ0) is 10.4. The molecule has 0 fully saturated rings. The van der Waals surface area contributed by atoms with Gasteiger partial charge in [-0.05, 0) is 25.0 Å². The monoisotopic (exact) mass is 189 g/mol. The molecule has 73 valence electrons. The number of ether oxygens (including phenoxy) is 1. The van der Waals surface area contributed by atoms with Gasteiger partial charge in [-0.15, -0.1) is 0 Å². The van der Waals surface area contributed by atoms with Crippen molar-refractivity contribution in [2.45, 2.75) is 6.92 Å². The van der Waals surface area contributed by atoms with Crippen LogP contribution in [0.25, 0.3) is 5.57 Å². The molecule has 1 radical (unpaired) electrons. The molecule has 1 aromatic rings. The first-order valence-electron chi connectivity index (χ1n) is 4.50. The minimum atomic E-state index is -0.346. The molecule has 0 atom stereocenters. The van der Waals surface area contributed by atoms with Crippen LogP contribution in [-0.4, -0.2) is 12.6 Å². The summed E-state index contributed by atoms with van der Waals surface area (Å²) in [6.45, 7) is 5.95. The molecule has 0 unspecified atom stereocenters. The van der Waals surface area contributed by atoms with Gasteiger partial charge in [0.05, 0.1) is 6.61 Å². The van der Waals surface area contributed by atoms with E-state index in [2.05, 4.69) is 6.92 Å². The first-order chi connectivity index (χ1) is 6.74. The number of hydrogen-bond acceptors (Lipinski definition) is 2. The van der Waals surface area contributed by atoms with Crippen LogP contribution >= 0.6 is 0 Å². The summed E-state index contributed by atoms with van der Waals surface area (Å²) in [4.78, 5) is 11.1. The molecule has 0 heterocycles. The molecule has 0 aromatic heterocycles. The second kappa shape index (κ2) is 5.22. The van der Waals surface area contributed by atoms with Crippen LogP contribution in [0.3, 0.4) is 0 Å². The second-order valence-electron chi connectivity index (χ2n) is 2.79. The lowest BCUT2D eigenvalue weighted by molar-refractivity contribution is -0.137. The third-order valence-electron chi connectivity index (χ3n) is 1.72. The Hall–Kier alpha value is -1.57. The summed E-state index contributed by atoms with van der Waals surface area (Å²) in [6.07, 6.45) is 1.40. The summed E-state index contributed by atoms with van der Waals surface area (Å²) in [5, 5.41) is 0. The smallest absolute Gasteiger partial charge is 0.331 e. The third-order valence-corrected chi connectivity index (χ3v) is 1.72. The van der Waals surface area contributed by atoms with Crippen LogP contribution in [0, 0.1) is 6.92 Å². The van der Waals surface area contributed by atoms with Gasteiger partial charge in [0.2, 0.25) is 0 Å². The van der Waals surface area contributed by atoms with Crippen LogP contribution in [0.15, 0.2) is 36.4 Å². The van der Waals surface area contributed by atoms with Crippen LogP contribution in [-0.2, 0) is 9.53 Å². The molecule has 0 aliphatic rings. The van der Waals surface area contributed by atoms with Crippen LogP contribution in [0.2, 0.25) is 0 Å². The first kappa shape index (κ1) is 10.5. The van der Waals surface area contributed by atoms with Crippen LogP contribution < -0.4 is 0 Å². The molecular formula is C12H13O2. The quantitative estimate of drug-likeness (QED) is 0.539. The van der Waals surface area contributed by atoms with Crippen molar-refractivity contribution in [3.8, 4) is 0 Å². The van der Waals surface area contributed by atoms with Crippen molar-refractivity contribution in [2.24, 2.45) is 0 Å². The highest BCUT2D eigenvalue weighted by molar-refractivity contribution is 5.92. The van der Waals surface area contributed by atoms with E-state index in [1.165, 1.54) is 6.08 Å². The van der Waals surface area contributed by atoms with E-state index in [-0.39, 0.29) is 5.97 Å². The summed E-state index contributed by atoms with van der Waals surface area (Å²) in [5.41, 5.74) is 1.60. The predicted octanol–water partition coefficient (Wildman–Crippen LogP) is 2.47. The van der Waals surface area contributed by atoms with E-state index >= 15 is 0 Å². The topological polar surface area (TPSA) is 26.3 Å². The molecule has 0 saturated carbocycles. The van der Waals surface area contributed by atoms with Gasteiger partial charge in [-0.1, -0.05) is 30.3 Å². The number of esters is 1. The van der Waals surface area contributed by atoms with Crippen molar-refractivity contribution in [3.63, 3.8) is 0 Å². The summed E-state index contributed by atoms with van der Waals surface area (Å²) in [6, 6.07) is 9.52. The predicted molar refractivity (Wildman–Crippen MR) is 56.4 cm³/mol. The van der Waals surface area contributed by atoms with E-state index in [4.69, 9.17) is 4.74 Å². The zero-order valence-electron chi connectivity index (χ0n) is 8.19. The van der Waals surface area contributed by atoms with Crippen molar-refractivity contribution < 1.29 is 9.53 Å². The number of benzene rings is 1. The fourth-order valence-corrected chi connectivity index (χ4v) is 1.06. The summed E-state index contributed by atoms with van der Waals surface area (Å²) in [5.74, 6) is -0.346. The Morgan fingerprint density at radius 2 is 2.07 bits per heavy atom. The number of hydrogen-bond donors (Lipinski definition) is 0. The van der Waals surface area contributed by atoms with Crippen molar-refractivity contribution in [3.05, 3.63) is 48.9 Å². The Kier molecular flexibility index (Phi) is 3.92. The highest BCUT2D eigenvalue weighted by Crippen LogP contribution is 2.11. The molecule has 0 amide bonds. The maximum atomic E-state index is 11.1. The van der Waals surface area contributed by atoms with Crippen LogP contribution in [0.1, 0.15) is 12.5 Å². The average Bonchev–Trinajstić information content (AvgIpc) is 2.19. The Morgan fingerprint density at radius 3 is 2.64 bits per heavy atom. The number of carbonyl (C=O) groups excluding carboxylic acids is 1. The maximum absolute atomic E-state index is 11.1.